The zero-order chi connectivity index (χ0) is 11.7. The molecule has 0 radical (unpaired) electrons. The summed E-state index contributed by atoms with van der Waals surface area (Å²) >= 11 is 0. The molecule has 0 bridgehead atoms. The van der Waals surface area contributed by atoms with Crippen LogP contribution in [0.2, 0.25) is 0 Å². The molecule has 0 rings (SSSR count). The first-order valence-electron chi connectivity index (χ1n) is 5.16. The van der Waals surface area contributed by atoms with Gasteiger partial charge in [0.05, 0.1) is 18.8 Å². The van der Waals surface area contributed by atoms with Crippen molar-refractivity contribution in [3.8, 4) is 0 Å². The quantitative estimate of drug-likeness (QED) is 0.534. The van der Waals surface area contributed by atoms with Crippen LogP contribution < -0.4 is 11.5 Å². The van der Waals surface area contributed by atoms with Crippen LogP contribution in [-0.2, 0) is 14.3 Å². The van der Waals surface area contributed by atoms with Crippen LogP contribution >= 0.6 is 0 Å². The molecule has 0 saturated carbocycles. The van der Waals surface area contributed by atoms with E-state index in [9.17, 15) is 4.79 Å². The van der Waals surface area contributed by atoms with Crippen molar-refractivity contribution in [2.45, 2.75) is 31.7 Å². The molecular weight excluding hydrogens is 196 g/mol. The highest BCUT2D eigenvalue weighted by Gasteiger charge is 2.24. The zero-order valence-corrected chi connectivity index (χ0v) is 9.62. The number of hydrogen-bond acceptors (Lipinski definition) is 4. The highest BCUT2D eigenvalue weighted by Crippen LogP contribution is 2.09. The summed E-state index contributed by atoms with van der Waals surface area (Å²) in [5.41, 5.74) is 9.93. The zero-order valence-electron chi connectivity index (χ0n) is 9.62. The lowest BCUT2D eigenvalue weighted by molar-refractivity contribution is -0.122. The number of rotatable bonds is 9. The second-order valence-electron chi connectivity index (χ2n) is 3.84. The molecule has 4 N–H and O–H groups in total. The number of primary amides is 1. The van der Waals surface area contributed by atoms with Crippen molar-refractivity contribution >= 4 is 5.91 Å². The van der Waals surface area contributed by atoms with E-state index in [0.717, 1.165) is 12.8 Å². The van der Waals surface area contributed by atoms with Gasteiger partial charge in [0.15, 0.2) is 0 Å². The summed E-state index contributed by atoms with van der Waals surface area (Å²) in [7, 11) is 1.63. The van der Waals surface area contributed by atoms with Crippen molar-refractivity contribution in [3.05, 3.63) is 0 Å². The molecule has 5 nitrogen and oxygen atoms in total. The second kappa shape index (κ2) is 7.62. The molecule has 1 amide bonds. The number of methoxy groups -OCH3 is 1. The molecular formula is C10H22N2O3. The van der Waals surface area contributed by atoms with E-state index < -0.39 is 11.4 Å². The predicted octanol–water partition coefficient (Wildman–Crippen LogP) is 0.0224. The number of nitrogens with two attached hydrogens (primary N) is 2. The molecule has 0 aliphatic rings. The number of unbranched alkanes of at least 4 members (excludes halogenated alkanes) is 1. The standard InChI is InChI=1S/C10H22N2O3/c1-10(12,9(11)13)5-3-4-6-15-8-7-14-2/h3-8,12H2,1-2H3,(H2,11,13). The lowest BCUT2D eigenvalue weighted by Crippen LogP contribution is -2.49. The molecule has 0 heterocycles. The minimum Gasteiger partial charge on any atom is -0.382 e. The molecule has 90 valence electrons. The molecule has 1 atom stereocenters. The highest BCUT2D eigenvalue weighted by atomic mass is 16.5. The Hall–Kier alpha value is -0.650. The van der Waals surface area contributed by atoms with Crippen LogP contribution in [0.3, 0.4) is 0 Å². The Bertz CT molecular complexity index is 184. The first kappa shape index (κ1) is 14.3. The maximum absolute atomic E-state index is 10.9. The van der Waals surface area contributed by atoms with Gasteiger partial charge in [-0.2, -0.15) is 0 Å². The lowest BCUT2D eigenvalue weighted by Gasteiger charge is -2.19. The van der Waals surface area contributed by atoms with Gasteiger partial charge < -0.3 is 20.9 Å². The topological polar surface area (TPSA) is 87.6 Å². The Morgan fingerprint density at radius 2 is 1.93 bits per heavy atom. The average molecular weight is 218 g/mol. The second-order valence-corrected chi connectivity index (χ2v) is 3.84. The molecule has 15 heavy (non-hydrogen) atoms. The summed E-state index contributed by atoms with van der Waals surface area (Å²) in [5, 5.41) is 0. The summed E-state index contributed by atoms with van der Waals surface area (Å²) in [6.45, 7) is 3.53. The normalized spacial score (nSPS) is 14.9. The van der Waals surface area contributed by atoms with Crippen LogP contribution in [0.4, 0.5) is 0 Å². The predicted molar refractivity (Wildman–Crippen MR) is 58.3 cm³/mol. The molecule has 0 aromatic rings. The Kier molecular flexibility index (Phi) is 7.29. The van der Waals surface area contributed by atoms with E-state index in [1.54, 1.807) is 14.0 Å². The van der Waals surface area contributed by atoms with E-state index in [1.807, 2.05) is 0 Å². The third-order valence-electron chi connectivity index (χ3n) is 2.23. The van der Waals surface area contributed by atoms with E-state index in [-0.39, 0.29) is 0 Å². The Balaban J connectivity index is 3.35. The Labute approximate surface area is 91.1 Å². The fraction of sp³-hybridized carbons (Fsp3) is 0.900. The average Bonchev–Trinajstić information content (AvgIpc) is 2.16. The van der Waals surface area contributed by atoms with Crippen molar-refractivity contribution in [3.63, 3.8) is 0 Å². The Morgan fingerprint density at radius 1 is 1.27 bits per heavy atom. The third kappa shape index (κ3) is 7.30. The largest absolute Gasteiger partial charge is 0.382 e. The summed E-state index contributed by atoms with van der Waals surface area (Å²) in [4.78, 5) is 10.9. The fourth-order valence-corrected chi connectivity index (χ4v) is 1.06. The van der Waals surface area contributed by atoms with Gasteiger partial charge in [-0.05, 0) is 26.2 Å². The third-order valence-corrected chi connectivity index (χ3v) is 2.23. The monoisotopic (exact) mass is 218 g/mol. The van der Waals surface area contributed by atoms with E-state index in [1.165, 1.54) is 0 Å². The molecule has 0 spiro atoms. The smallest absolute Gasteiger partial charge is 0.237 e. The highest BCUT2D eigenvalue weighted by molar-refractivity contribution is 5.83. The van der Waals surface area contributed by atoms with Crippen LogP contribution in [0.5, 0.6) is 0 Å². The Morgan fingerprint density at radius 3 is 2.47 bits per heavy atom. The summed E-state index contributed by atoms with van der Waals surface area (Å²) in [5.74, 6) is -0.456. The molecule has 0 fully saturated rings. The van der Waals surface area contributed by atoms with Crippen LogP contribution in [0.1, 0.15) is 26.2 Å². The van der Waals surface area contributed by atoms with Gasteiger partial charge in [-0.3, -0.25) is 4.79 Å². The van der Waals surface area contributed by atoms with Gasteiger partial charge in [0.2, 0.25) is 5.91 Å². The summed E-state index contributed by atoms with van der Waals surface area (Å²) < 4.78 is 10.1. The van der Waals surface area contributed by atoms with Gasteiger partial charge in [0.25, 0.3) is 0 Å². The minimum absolute atomic E-state index is 0.456. The van der Waals surface area contributed by atoms with E-state index in [2.05, 4.69) is 0 Å². The van der Waals surface area contributed by atoms with Gasteiger partial charge in [0, 0.05) is 13.7 Å². The number of hydrogen-bond donors (Lipinski definition) is 2. The van der Waals surface area contributed by atoms with Crippen LogP contribution in [-0.4, -0.2) is 38.4 Å². The van der Waals surface area contributed by atoms with E-state index in [4.69, 9.17) is 20.9 Å². The van der Waals surface area contributed by atoms with E-state index >= 15 is 0 Å². The van der Waals surface area contributed by atoms with Gasteiger partial charge in [-0.1, -0.05) is 0 Å². The number of amides is 1. The number of carbonyl (C=O) groups is 1. The SMILES string of the molecule is COCCOCCCCC(C)(N)C(N)=O. The van der Waals surface area contributed by atoms with Gasteiger partial charge in [-0.15, -0.1) is 0 Å². The summed E-state index contributed by atoms with van der Waals surface area (Å²) in [6, 6.07) is 0. The van der Waals surface area contributed by atoms with E-state index in [0.29, 0.717) is 26.2 Å². The van der Waals surface area contributed by atoms with Crippen molar-refractivity contribution in [2.24, 2.45) is 11.5 Å². The van der Waals surface area contributed by atoms with Crippen molar-refractivity contribution < 1.29 is 14.3 Å². The summed E-state index contributed by atoms with van der Waals surface area (Å²) in [6.07, 6.45) is 2.31. The molecule has 0 aliphatic heterocycles. The molecule has 5 heteroatoms. The van der Waals surface area contributed by atoms with Crippen LogP contribution in [0.15, 0.2) is 0 Å². The van der Waals surface area contributed by atoms with Crippen LogP contribution in [0, 0.1) is 0 Å². The number of carbonyl (C=O) groups excluding carboxylic acids is 1. The maximum atomic E-state index is 10.9. The molecule has 1 unspecified atom stereocenters. The lowest BCUT2D eigenvalue weighted by atomic mass is 9.96. The molecule has 0 aromatic heterocycles. The van der Waals surface area contributed by atoms with Crippen molar-refractivity contribution in [1.82, 2.24) is 0 Å². The first-order chi connectivity index (χ1) is 7.00. The molecule has 0 aromatic carbocycles. The van der Waals surface area contributed by atoms with Gasteiger partial charge >= 0.3 is 0 Å². The van der Waals surface area contributed by atoms with Gasteiger partial charge in [0.1, 0.15) is 0 Å². The van der Waals surface area contributed by atoms with Crippen LogP contribution in [0.25, 0.3) is 0 Å². The van der Waals surface area contributed by atoms with Crippen molar-refractivity contribution in [1.29, 1.82) is 0 Å². The maximum Gasteiger partial charge on any atom is 0.237 e. The van der Waals surface area contributed by atoms with Gasteiger partial charge in [-0.25, -0.2) is 0 Å². The molecule has 0 aliphatic carbocycles. The first-order valence-corrected chi connectivity index (χ1v) is 5.16. The number of ether oxygens (including phenoxy) is 2. The minimum atomic E-state index is -0.896. The van der Waals surface area contributed by atoms with Crippen molar-refractivity contribution in [2.75, 3.05) is 26.9 Å². The fourth-order valence-electron chi connectivity index (χ4n) is 1.06. The molecule has 0 saturated heterocycles.